The van der Waals surface area contributed by atoms with Gasteiger partial charge >= 0.3 is 0 Å². The maximum atomic E-state index is 14.4. The molecule has 1 fully saturated rings. The number of likely N-dealkylation sites (tertiary alicyclic amines) is 1. The minimum atomic E-state index is -0.732. The number of nitrogens with zero attached hydrogens (tertiary/aromatic N) is 2. The molecular formula is C32H36FN3O2S. The normalized spacial score (nSPS) is 18.2. The van der Waals surface area contributed by atoms with Gasteiger partial charge < -0.3 is 14.9 Å². The van der Waals surface area contributed by atoms with Crippen LogP contribution in [-0.2, 0) is 11.3 Å². The Kier molecular flexibility index (Phi) is 9.48. The molecule has 0 aromatic heterocycles. The van der Waals surface area contributed by atoms with Gasteiger partial charge in [-0.2, -0.15) is 0 Å². The second kappa shape index (κ2) is 13.4. The van der Waals surface area contributed by atoms with Crippen LogP contribution in [0.15, 0.2) is 82.6 Å². The highest BCUT2D eigenvalue weighted by atomic mass is 32.2. The molecule has 1 unspecified atom stereocenters. The van der Waals surface area contributed by atoms with Gasteiger partial charge in [0.05, 0.1) is 17.1 Å². The van der Waals surface area contributed by atoms with E-state index in [2.05, 4.69) is 10.2 Å². The molecule has 0 spiro atoms. The quantitative estimate of drug-likeness (QED) is 0.186. The minimum Gasteiger partial charge on any atom is -0.374 e. The van der Waals surface area contributed by atoms with Crippen molar-refractivity contribution in [3.8, 4) is 0 Å². The Bertz CT molecular complexity index is 1290. The molecule has 3 aromatic rings. The van der Waals surface area contributed by atoms with Crippen LogP contribution in [-0.4, -0.2) is 42.1 Å². The number of carbonyl (C=O) groups is 1. The van der Waals surface area contributed by atoms with Crippen LogP contribution in [0, 0.1) is 5.82 Å². The van der Waals surface area contributed by atoms with E-state index in [-0.39, 0.29) is 18.3 Å². The van der Waals surface area contributed by atoms with E-state index in [4.69, 9.17) is 0 Å². The van der Waals surface area contributed by atoms with E-state index in [1.807, 2.05) is 54.6 Å². The first-order chi connectivity index (χ1) is 19.1. The summed E-state index contributed by atoms with van der Waals surface area (Å²) in [7, 11) is 0. The number of para-hydroxylation sites is 1. The number of amides is 1. The molecule has 5 nitrogen and oxygen atoms in total. The topological polar surface area (TPSA) is 55.8 Å². The number of hydrogen-bond acceptors (Lipinski definition) is 5. The van der Waals surface area contributed by atoms with Gasteiger partial charge in [0, 0.05) is 10.5 Å². The number of thioether (sulfide) groups is 1. The summed E-state index contributed by atoms with van der Waals surface area (Å²) in [5.74, 6) is -0.478. The molecule has 2 heterocycles. The van der Waals surface area contributed by atoms with E-state index in [1.54, 1.807) is 23.1 Å². The second-order valence-corrected chi connectivity index (χ2v) is 11.3. The summed E-state index contributed by atoms with van der Waals surface area (Å²) >= 11 is 1.43. The van der Waals surface area contributed by atoms with E-state index in [0.717, 1.165) is 41.2 Å². The number of carbonyl (C=O) groups excluding carboxylic acids is 1. The predicted octanol–water partition coefficient (Wildman–Crippen LogP) is 6.35. The van der Waals surface area contributed by atoms with E-state index in [1.165, 1.54) is 56.6 Å². The third kappa shape index (κ3) is 7.17. The third-order valence-electron chi connectivity index (χ3n) is 7.36. The first kappa shape index (κ1) is 27.6. The monoisotopic (exact) mass is 545 g/mol. The first-order valence-electron chi connectivity index (χ1n) is 13.9. The number of rotatable bonds is 9. The lowest BCUT2D eigenvalue weighted by atomic mass is 10.1. The molecule has 2 N–H and O–H groups in total. The van der Waals surface area contributed by atoms with Gasteiger partial charge in [0.2, 0.25) is 0 Å². The summed E-state index contributed by atoms with van der Waals surface area (Å²) in [6, 6.07) is 21.9. The van der Waals surface area contributed by atoms with Gasteiger partial charge in [-0.1, -0.05) is 79.2 Å². The van der Waals surface area contributed by atoms with Gasteiger partial charge in [-0.25, -0.2) is 4.39 Å². The van der Waals surface area contributed by atoms with Crippen molar-refractivity contribution in [3.05, 3.63) is 100 Å². The van der Waals surface area contributed by atoms with E-state index in [0.29, 0.717) is 10.5 Å². The van der Waals surface area contributed by atoms with E-state index < -0.39 is 6.23 Å². The molecular weight excluding hydrogens is 509 g/mol. The summed E-state index contributed by atoms with van der Waals surface area (Å²) in [5.41, 5.74) is 2.92. The number of fused-ring (bicyclic) bond motifs is 1. The highest BCUT2D eigenvalue weighted by molar-refractivity contribution is 8.04. The van der Waals surface area contributed by atoms with Crippen molar-refractivity contribution in [2.45, 2.75) is 49.8 Å². The van der Waals surface area contributed by atoms with Crippen LogP contribution in [0.2, 0.25) is 0 Å². The highest BCUT2D eigenvalue weighted by Gasteiger charge is 2.29. The lowest BCUT2D eigenvalue weighted by Crippen LogP contribution is -2.34. The Morgan fingerprint density at radius 2 is 1.67 bits per heavy atom. The molecule has 0 saturated carbocycles. The summed E-state index contributed by atoms with van der Waals surface area (Å²) in [4.78, 5) is 19.2. The van der Waals surface area contributed by atoms with Gasteiger partial charge in [-0.3, -0.25) is 10.1 Å². The molecule has 5 rings (SSSR count). The Hall–Kier alpha value is -2.97. The number of hydrogen-bond donors (Lipinski definition) is 2. The highest BCUT2D eigenvalue weighted by Crippen LogP contribution is 2.42. The number of anilines is 1. The van der Waals surface area contributed by atoms with Crippen molar-refractivity contribution >= 4 is 29.4 Å². The summed E-state index contributed by atoms with van der Waals surface area (Å²) in [5, 5.41) is 13.9. The largest absolute Gasteiger partial charge is 0.374 e. The Balaban J connectivity index is 1.22. The molecule has 2 aliphatic heterocycles. The van der Waals surface area contributed by atoms with E-state index in [9.17, 15) is 14.3 Å². The fraction of sp³-hybridized carbons (Fsp3) is 0.344. The summed E-state index contributed by atoms with van der Waals surface area (Å²) in [6.45, 7) is 4.36. The maximum Gasteiger partial charge on any atom is 0.265 e. The average Bonchev–Trinajstić information content (AvgIpc) is 3.23. The van der Waals surface area contributed by atoms with Crippen molar-refractivity contribution in [1.29, 1.82) is 0 Å². The van der Waals surface area contributed by atoms with Crippen LogP contribution >= 0.6 is 11.8 Å². The maximum absolute atomic E-state index is 14.4. The zero-order chi connectivity index (χ0) is 27.0. The van der Waals surface area contributed by atoms with Crippen LogP contribution in [0.25, 0.3) is 6.08 Å². The SMILES string of the molecule is O=C1/C(=C/c2ccc(C(O)NCCCN3CCCCCC3)cc2)Sc2ccccc2N1Cc1ccccc1F. The van der Waals surface area contributed by atoms with Crippen molar-refractivity contribution < 1.29 is 14.3 Å². The molecule has 3 aromatic carbocycles. The molecule has 0 aliphatic carbocycles. The van der Waals surface area contributed by atoms with Gasteiger partial charge in [-0.15, -0.1) is 0 Å². The molecule has 0 bridgehead atoms. The lowest BCUT2D eigenvalue weighted by Gasteiger charge is -2.30. The molecule has 2 aliphatic rings. The average molecular weight is 546 g/mol. The van der Waals surface area contributed by atoms with Gasteiger partial charge in [-0.05, 0) is 80.8 Å². The standard InChI is InChI=1S/C32H36FN3O2S/c33-27-11-4-3-10-26(27)23-36-28-12-5-6-13-29(28)39-30(32(36)38)22-24-14-16-25(17-15-24)31(37)34-18-9-21-35-19-7-1-2-8-20-35/h3-6,10-17,22,31,34,37H,1-2,7-9,18-21,23H2/b30-22-. The number of benzene rings is 3. The van der Waals surface area contributed by atoms with Crippen LogP contribution in [0.4, 0.5) is 10.1 Å². The fourth-order valence-electron chi connectivity index (χ4n) is 5.16. The molecule has 1 saturated heterocycles. The smallest absolute Gasteiger partial charge is 0.265 e. The minimum absolute atomic E-state index is 0.155. The van der Waals surface area contributed by atoms with Gasteiger partial charge in [0.25, 0.3) is 5.91 Å². The molecule has 39 heavy (non-hydrogen) atoms. The molecule has 1 amide bonds. The number of aliphatic hydroxyl groups is 1. The molecule has 1 atom stereocenters. The van der Waals surface area contributed by atoms with Crippen molar-refractivity contribution in [3.63, 3.8) is 0 Å². The number of nitrogens with one attached hydrogen (secondary N) is 1. The molecule has 7 heteroatoms. The van der Waals surface area contributed by atoms with E-state index >= 15 is 0 Å². The van der Waals surface area contributed by atoms with Crippen molar-refractivity contribution in [2.75, 3.05) is 31.1 Å². The first-order valence-corrected chi connectivity index (χ1v) is 14.7. The van der Waals surface area contributed by atoms with Gasteiger partial charge in [0.15, 0.2) is 0 Å². The van der Waals surface area contributed by atoms with Crippen LogP contribution in [0.5, 0.6) is 0 Å². The van der Waals surface area contributed by atoms with Crippen LogP contribution in [0.1, 0.15) is 55.0 Å². The Morgan fingerprint density at radius 1 is 0.949 bits per heavy atom. The van der Waals surface area contributed by atoms with Crippen molar-refractivity contribution in [2.24, 2.45) is 0 Å². The number of halogens is 1. The third-order valence-corrected chi connectivity index (χ3v) is 8.43. The number of aliphatic hydroxyl groups excluding tert-OH is 1. The molecule has 0 radical (unpaired) electrons. The molecule has 204 valence electrons. The zero-order valence-corrected chi connectivity index (χ0v) is 23.0. The van der Waals surface area contributed by atoms with Crippen LogP contribution < -0.4 is 10.2 Å². The lowest BCUT2D eigenvalue weighted by molar-refractivity contribution is -0.114. The van der Waals surface area contributed by atoms with Crippen LogP contribution in [0.3, 0.4) is 0 Å². The predicted molar refractivity (Wildman–Crippen MR) is 157 cm³/mol. The fourth-order valence-corrected chi connectivity index (χ4v) is 6.22. The Morgan fingerprint density at radius 3 is 2.44 bits per heavy atom. The zero-order valence-electron chi connectivity index (χ0n) is 22.2. The Labute approximate surface area is 234 Å². The van der Waals surface area contributed by atoms with Crippen molar-refractivity contribution in [1.82, 2.24) is 10.2 Å². The second-order valence-electron chi connectivity index (χ2n) is 10.2. The summed E-state index contributed by atoms with van der Waals surface area (Å²) in [6.07, 6.45) is 7.40. The summed E-state index contributed by atoms with van der Waals surface area (Å²) < 4.78 is 14.4. The van der Waals surface area contributed by atoms with Gasteiger partial charge in [0.1, 0.15) is 12.0 Å².